The van der Waals surface area contributed by atoms with Gasteiger partial charge in [-0.1, -0.05) is 25.1 Å². The van der Waals surface area contributed by atoms with Crippen LogP contribution in [0.4, 0.5) is 4.39 Å². The van der Waals surface area contributed by atoms with E-state index in [2.05, 4.69) is 5.32 Å². The van der Waals surface area contributed by atoms with E-state index in [4.69, 9.17) is 9.94 Å². The number of hydroxylamine groups is 1. The number of carbonyl (C=O) groups excluding carboxylic acids is 1. The van der Waals surface area contributed by atoms with Crippen molar-refractivity contribution >= 4 is 16.7 Å². The van der Waals surface area contributed by atoms with Gasteiger partial charge in [-0.15, -0.1) is 0 Å². The highest BCUT2D eigenvalue weighted by Gasteiger charge is 2.16. The van der Waals surface area contributed by atoms with Gasteiger partial charge in [0.15, 0.2) is 0 Å². The summed E-state index contributed by atoms with van der Waals surface area (Å²) in [5, 5.41) is 13.3. The molecule has 0 saturated carbocycles. The first kappa shape index (κ1) is 24.6. The van der Waals surface area contributed by atoms with Crippen LogP contribution in [0.2, 0.25) is 0 Å². The summed E-state index contributed by atoms with van der Waals surface area (Å²) in [5.41, 5.74) is 3.52. The lowest BCUT2D eigenvalue weighted by atomic mass is 10.00. The number of aromatic nitrogens is 1. The molecule has 0 spiro atoms. The fraction of sp³-hybridized carbons (Fsp3) is 0.360. The van der Waals surface area contributed by atoms with Gasteiger partial charge in [-0.05, 0) is 53.6 Å². The van der Waals surface area contributed by atoms with Crippen molar-refractivity contribution < 1.29 is 19.1 Å². The number of nitrogens with zero attached hydrogens (tertiary/aromatic N) is 1. The number of carbonyl (C=O) groups is 1. The number of amides is 1. The van der Waals surface area contributed by atoms with E-state index in [9.17, 15) is 14.0 Å². The first-order valence-electron chi connectivity index (χ1n) is 11.0. The van der Waals surface area contributed by atoms with E-state index >= 15 is 0 Å². The molecule has 3 N–H and O–H groups in total. The molecule has 0 aliphatic heterocycles. The molecular weight excluding hydrogens is 425 g/mol. The number of hydrogen-bond donors (Lipinski definition) is 3. The highest BCUT2D eigenvalue weighted by molar-refractivity contribution is 5.86. The van der Waals surface area contributed by atoms with Crippen molar-refractivity contribution in [3.63, 3.8) is 0 Å². The lowest BCUT2D eigenvalue weighted by molar-refractivity contribution is -0.133. The average Bonchev–Trinajstić information content (AvgIpc) is 2.83. The molecule has 1 aromatic heterocycles. The summed E-state index contributed by atoms with van der Waals surface area (Å²) in [5.74, 6) is -1.14. The Hall–Kier alpha value is -3.07. The summed E-state index contributed by atoms with van der Waals surface area (Å²) in [6.45, 7) is 4.05. The van der Waals surface area contributed by atoms with E-state index in [0.717, 1.165) is 10.9 Å². The number of nitrogens with one attached hydrogen (secondary N) is 2. The Labute approximate surface area is 192 Å². The first-order valence-corrected chi connectivity index (χ1v) is 11.0. The van der Waals surface area contributed by atoms with Crippen molar-refractivity contribution in [2.75, 3.05) is 20.3 Å². The predicted molar refractivity (Wildman–Crippen MR) is 126 cm³/mol. The standard InChI is InChI=1S/C25H30FN3O4/c1-3-18(24(30)28-32)8-11-29-12-9-20-15-19(5-7-22(20)25(29)31)21-6-4-17(14-23(21)26)16-27-10-13-33-2/h4-7,9,12,14-15,18,27,32H,3,8,10-11,13,16H2,1-2H3,(H,28,30)/t18-/m1/s1. The van der Waals surface area contributed by atoms with E-state index in [1.165, 1.54) is 6.07 Å². The third-order valence-corrected chi connectivity index (χ3v) is 5.83. The lowest BCUT2D eigenvalue weighted by Crippen LogP contribution is -2.29. The number of fused-ring (bicyclic) bond motifs is 1. The minimum atomic E-state index is -0.449. The Balaban J connectivity index is 1.78. The molecule has 0 bridgehead atoms. The molecule has 0 aliphatic carbocycles. The third kappa shape index (κ3) is 6.04. The number of methoxy groups -OCH3 is 1. The van der Waals surface area contributed by atoms with Gasteiger partial charge in [0.25, 0.3) is 5.56 Å². The maximum atomic E-state index is 14.8. The Morgan fingerprint density at radius 1 is 1.21 bits per heavy atom. The van der Waals surface area contributed by atoms with E-state index in [0.29, 0.717) is 55.6 Å². The fourth-order valence-electron chi connectivity index (χ4n) is 3.85. The minimum absolute atomic E-state index is 0.170. The summed E-state index contributed by atoms with van der Waals surface area (Å²) >= 11 is 0. The van der Waals surface area contributed by atoms with Crippen LogP contribution >= 0.6 is 0 Å². The first-order chi connectivity index (χ1) is 16.0. The van der Waals surface area contributed by atoms with Crippen LogP contribution in [0.15, 0.2) is 53.5 Å². The molecule has 176 valence electrons. The molecule has 3 rings (SSSR count). The van der Waals surface area contributed by atoms with Crippen molar-refractivity contribution in [2.24, 2.45) is 5.92 Å². The number of rotatable bonds is 11. The number of hydrogen-bond acceptors (Lipinski definition) is 5. The SMILES string of the molecule is CC[C@H](CCn1ccc2cc(-c3ccc(CNCCOC)cc3F)ccc2c1=O)C(=O)NO. The van der Waals surface area contributed by atoms with Crippen LogP contribution in [0, 0.1) is 11.7 Å². The summed E-state index contributed by atoms with van der Waals surface area (Å²) < 4.78 is 21.3. The molecular formula is C25H30FN3O4. The van der Waals surface area contributed by atoms with Crippen molar-refractivity contribution in [1.82, 2.24) is 15.4 Å². The molecule has 8 heteroatoms. The number of pyridine rings is 1. The highest BCUT2D eigenvalue weighted by Crippen LogP contribution is 2.26. The molecule has 0 fully saturated rings. The topological polar surface area (TPSA) is 92.6 Å². The second-order valence-electron chi connectivity index (χ2n) is 7.97. The van der Waals surface area contributed by atoms with Gasteiger partial charge < -0.3 is 14.6 Å². The second-order valence-corrected chi connectivity index (χ2v) is 7.97. The zero-order chi connectivity index (χ0) is 23.8. The Bertz CT molecular complexity index is 1160. The summed E-state index contributed by atoms with van der Waals surface area (Å²) in [6.07, 6.45) is 2.68. The zero-order valence-corrected chi connectivity index (χ0v) is 18.9. The van der Waals surface area contributed by atoms with E-state index in [1.807, 2.05) is 25.1 Å². The Morgan fingerprint density at radius 2 is 2.03 bits per heavy atom. The molecule has 1 atom stereocenters. The van der Waals surface area contributed by atoms with Crippen LogP contribution in [0.1, 0.15) is 25.3 Å². The molecule has 0 saturated heterocycles. The van der Waals surface area contributed by atoms with E-state index in [1.54, 1.807) is 41.6 Å². The van der Waals surface area contributed by atoms with Gasteiger partial charge in [0, 0.05) is 49.8 Å². The smallest absolute Gasteiger partial charge is 0.258 e. The van der Waals surface area contributed by atoms with Gasteiger partial charge in [0.1, 0.15) is 5.82 Å². The number of ether oxygens (including phenoxy) is 1. The van der Waals surface area contributed by atoms with Gasteiger partial charge in [-0.2, -0.15) is 0 Å². The highest BCUT2D eigenvalue weighted by atomic mass is 19.1. The molecule has 0 aliphatic rings. The molecule has 1 amide bonds. The summed E-state index contributed by atoms with van der Waals surface area (Å²) in [7, 11) is 1.63. The molecule has 0 unspecified atom stereocenters. The Kier molecular flexibility index (Phi) is 8.71. The summed E-state index contributed by atoms with van der Waals surface area (Å²) in [4.78, 5) is 24.6. The van der Waals surface area contributed by atoms with Crippen molar-refractivity contribution in [3.05, 3.63) is 70.4 Å². The number of aryl methyl sites for hydroxylation is 1. The van der Waals surface area contributed by atoms with Crippen LogP contribution in [0.5, 0.6) is 0 Å². The molecule has 7 nitrogen and oxygen atoms in total. The third-order valence-electron chi connectivity index (χ3n) is 5.83. The predicted octanol–water partition coefficient (Wildman–Crippen LogP) is 3.47. The fourth-order valence-corrected chi connectivity index (χ4v) is 3.85. The molecule has 3 aromatic rings. The maximum absolute atomic E-state index is 14.8. The maximum Gasteiger partial charge on any atom is 0.258 e. The average molecular weight is 456 g/mol. The minimum Gasteiger partial charge on any atom is -0.383 e. The van der Waals surface area contributed by atoms with Crippen LogP contribution in [-0.4, -0.2) is 35.9 Å². The van der Waals surface area contributed by atoms with E-state index in [-0.39, 0.29) is 17.3 Å². The zero-order valence-electron chi connectivity index (χ0n) is 18.9. The van der Waals surface area contributed by atoms with Crippen molar-refractivity contribution in [2.45, 2.75) is 32.9 Å². The number of benzene rings is 2. The van der Waals surface area contributed by atoms with Crippen LogP contribution in [0.3, 0.4) is 0 Å². The van der Waals surface area contributed by atoms with Gasteiger partial charge in [-0.25, -0.2) is 9.87 Å². The van der Waals surface area contributed by atoms with Gasteiger partial charge in [-0.3, -0.25) is 14.8 Å². The Morgan fingerprint density at radius 3 is 2.73 bits per heavy atom. The van der Waals surface area contributed by atoms with E-state index < -0.39 is 5.91 Å². The quantitative estimate of drug-likeness (QED) is 0.234. The largest absolute Gasteiger partial charge is 0.383 e. The second kappa shape index (κ2) is 11.7. The molecule has 2 aromatic carbocycles. The van der Waals surface area contributed by atoms with Crippen LogP contribution in [0.25, 0.3) is 21.9 Å². The molecule has 0 radical (unpaired) electrons. The lowest BCUT2D eigenvalue weighted by Gasteiger charge is -2.14. The van der Waals surface area contributed by atoms with Gasteiger partial charge in [0.2, 0.25) is 5.91 Å². The van der Waals surface area contributed by atoms with Gasteiger partial charge >= 0.3 is 0 Å². The molecule has 33 heavy (non-hydrogen) atoms. The number of halogens is 1. The van der Waals surface area contributed by atoms with Crippen molar-refractivity contribution in [3.8, 4) is 11.1 Å². The van der Waals surface area contributed by atoms with Crippen molar-refractivity contribution in [1.29, 1.82) is 0 Å². The monoisotopic (exact) mass is 455 g/mol. The normalized spacial score (nSPS) is 12.1. The van der Waals surface area contributed by atoms with Crippen LogP contribution in [-0.2, 0) is 22.6 Å². The molecule has 1 heterocycles. The summed E-state index contributed by atoms with van der Waals surface area (Å²) in [6, 6.07) is 12.2. The van der Waals surface area contributed by atoms with Gasteiger partial charge in [0.05, 0.1) is 6.61 Å². The van der Waals surface area contributed by atoms with Crippen LogP contribution < -0.4 is 16.4 Å².